The van der Waals surface area contributed by atoms with Gasteiger partial charge in [-0.1, -0.05) is 65.2 Å². The highest BCUT2D eigenvalue weighted by atomic mass is 79.9. The van der Waals surface area contributed by atoms with E-state index in [0.29, 0.717) is 33.1 Å². The van der Waals surface area contributed by atoms with Crippen molar-refractivity contribution < 1.29 is 9.53 Å². The molecule has 4 nitrogen and oxygen atoms in total. The van der Waals surface area contributed by atoms with E-state index in [0.717, 1.165) is 5.56 Å². The summed E-state index contributed by atoms with van der Waals surface area (Å²) in [5.74, 6) is 0.0786. The minimum atomic E-state index is -0.581. The molecule has 3 aromatic carbocycles. The second kappa shape index (κ2) is 10.5. The van der Waals surface area contributed by atoms with Crippen molar-refractivity contribution in [2.24, 2.45) is 0 Å². The van der Waals surface area contributed by atoms with Gasteiger partial charge < -0.3 is 10.1 Å². The van der Waals surface area contributed by atoms with E-state index >= 15 is 0 Å². The molecule has 0 fully saturated rings. The number of halogens is 3. The Labute approximate surface area is 199 Å². The number of ether oxygens (including phenoxy) is 1. The van der Waals surface area contributed by atoms with Crippen molar-refractivity contribution >= 4 is 56.8 Å². The van der Waals surface area contributed by atoms with Gasteiger partial charge in [-0.05, 0) is 64.3 Å². The first-order valence-corrected chi connectivity index (χ1v) is 10.8. The van der Waals surface area contributed by atoms with Gasteiger partial charge in [-0.25, -0.2) is 0 Å². The van der Waals surface area contributed by atoms with Crippen LogP contribution in [0.25, 0.3) is 6.08 Å². The van der Waals surface area contributed by atoms with Crippen LogP contribution in [0.2, 0.25) is 10.0 Å². The first-order valence-electron chi connectivity index (χ1n) is 9.22. The van der Waals surface area contributed by atoms with Crippen molar-refractivity contribution in [2.75, 3.05) is 5.32 Å². The quantitative estimate of drug-likeness (QED) is 0.279. The van der Waals surface area contributed by atoms with Gasteiger partial charge in [-0.15, -0.1) is 0 Å². The first-order chi connectivity index (χ1) is 14.9. The number of anilines is 1. The Morgan fingerprint density at radius 2 is 1.94 bits per heavy atom. The van der Waals surface area contributed by atoms with E-state index in [1.54, 1.807) is 36.4 Å². The van der Waals surface area contributed by atoms with Crippen molar-refractivity contribution in [1.82, 2.24) is 0 Å². The molecule has 3 rings (SSSR count). The molecule has 3 aromatic rings. The van der Waals surface area contributed by atoms with Crippen LogP contribution < -0.4 is 10.1 Å². The largest absolute Gasteiger partial charge is 0.488 e. The highest BCUT2D eigenvalue weighted by Gasteiger charge is 2.13. The summed E-state index contributed by atoms with van der Waals surface area (Å²) in [6, 6.07) is 20.2. The molecule has 0 saturated heterocycles. The van der Waals surface area contributed by atoms with Crippen molar-refractivity contribution in [3.8, 4) is 11.8 Å². The lowest BCUT2D eigenvalue weighted by molar-refractivity contribution is -0.112. The molecule has 0 aromatic heterocycles. The molecule has 0 atom stereocenters. The standard InChI is InChI=1S/C24H17BrCl2N2O2/c1-15-4-2-5-17(10-15)14-31-22-9-8-16(12-19(22)25)11-18(13-28)24(30)29-21-7-3-6-20(26)23(21)27/h2-12H,14H2,1H3,(H,29,30)/b18-11-. The van der Waals surface area contributed by atoms with Crippen LogP contribution in [-0.2, 0) is 11.4 Å². The van der Waals surface area contributed by atoms with Gasteiger partial charge >= 0.3 is 0 Å². The highest BCUT2D eigenvalue weighted by molar-refractivity contribution is 9.10. The molecular formula is C24H17BrCl2N2O2. The molecule has 0 spiro atoms. The molecule has 0 aliphatic rings. The number of nitrogens with one attached hydrogen (secondary N) is 1. The van der Waals surface area contributed by atoms with Crippen molar-refractivity contribution in [3.63, 3.8) is 0 Å². The number of hydrogen-bond acceptors (Lipinski definition) is 3. The van der Waals surface area contributed by atoms with E-state index < -0.39 is 5.91 Å². The second-order valence-corrected chi connectivity index (χ2v) is 8.33. The summed E-state index contributed by atoms with van der Waals surface area (Å²) in [5.41, 5.74) is 3.16. The number of nitriles is 1. The minimum absolute atomic E-state index is 0.0728. The lowest BCUT2D eigenvalue weighted by Crippen LogP contribution is -2.13. The predicted molar refractivity (Wildman–Crippen MR) is 128 cm³/mol. The molecule has 0 bridgehead atoms. The van der Waals surface area contributed by atoms with Gasteiger partial charge in [0.05, 0.1) is 20.2 Å². The van der Waals surface area contributed by atoms with Crippen molar-refractivity contribution in [3.05, 3.63) is 97.4 Å². The molecule has 0 aliphatic carbocycles. The fourth-order valence-electron chi connectivity index (χ4n) is 2.79. The van der Waals surface area contributed by atoms with Crippen LogP contribution in [0.1, 0.15) is 16.7 Å². The Morgan fingerprint density at radius 1 is 1.16 bits per heavy atom. The van der Waals surface area contributed by atoms with E-state index in [-0.39, 0.29) is 10.6 Å². The molecular weight excluding hydrogens is 499 g/mol. The zero-order chi connectivity index (χ0) is 22.4. The fourth-order valence-corrected chi connectivity index (χ4v) is 3.65. The van der Waals surface area contributed by atoms with Gasteiger partial charge in [-0.2, -0.15) is 5.26 Å². The Hall–Kier alpha value is -2.78. The van der Waals surface area contributed by atoms with Crippen molar-refractivity contribution in [1.29, 1.82) is 5.26 Å². The summed E-state index contributed by atoms with van der Waals surface area (Å²) in [7, 11) is 0. The second-order valence-electron chi connectivity index (χ2n) is 6.69. The molecule has 0 unspecified atom stereocenters. The van der Waals surface area contributed by atoms with Gasteiger partial charge in [0.15, 0.2) is 0 Å². The molecule has 1 N–H and O–H groups in total. The lowest BCUT2D eigenvalue weighted by atomic mass is 10.1. The number of carbonyl (C=O) groups is 1. The van der Waals surface area contributed by atoms with Gasteiger partial charge in [0.2, 0.25) is 0 Å². The third-order valence-electron chi connectivity index (χ3n) is 4.31. The third-order valence-corrected chi connectivity index (χ3v) is 5.75. The maximum Gasteiger partial charge on any atom is 0.266 e. The van der Waals surface area contributed by atoms with Crippen molar-refractivity contribution in [2.45, 2.75) is 13.5 Å². The first kappa shape index (κ1) is 22.9. The summed E-state index contributed by atoms with van der Waals surface area (Å²) in [5, 5.41) is 12.6. The average Bonchev–Trinajstić information content (AvgIpc) is 2.74. The Morgan fingerprint density at radius 3 is 2.65 bits per heavy atom. The van der Waals surface area contributed by atoms with Gasteiger partial charge in [0.1, 0.15) is 24.0 Å². The van der Waals surface area contributed by atoms with Crippen LogP contribution >= 0.6 is 39.1 Å². The number of nitrogens with zero attached hydrogens (tertiary/aromatic N) is 1. The normalized spacial score (nSPS) is 11.0. The molecule has 0 saturated carbocycles. The van der Waals surface area contributed by atoms with Crippen LogP contribution in [0.15, 0.2) is 70.7 Å². The zero-order valence-electron chi connectivity index (χ0n) is 16.5. The van der Waals surface area contributed by atoms with Crippen LogP contribution in [0.3, 0.4) is 0 Å². The fraction of sp³-hybridized carbons (Fsp3) is 0.0833. The van der Waals surface area contributed by atoms with Gasteiger partial charge in [-0.3, -0.25) is 4.79 Å². The summed E-state index contributed by atoms with van der Waals surface area (Å²) in [4.78, 5) is 12.5. The molecule has 0 radical (unpaired) electrons. The van der Waals surface area contributed by atoms with Crippen LogP contribution in [-0.4, -0.2) is 5.91 Å². The smallest absolute Gasteiger partial charge is 0.266 e. The van der Waals surface area contributed by atoms with Crippen LogP contribution in [0.5, 0.6) is 5.75 Å². The monoisotopic (exact) mass is 514 g/mol. The van der Waals surface area contributed by atoms with E-state index in [1.807, 2.05) is 31.2 Å². The number of rotatable bonds is 6. The average molecular weight is 516 g/mol. The Bertz CT molecular complexity index is 1200. The Balaban J connectivity index is 1.73. The third kappa shape index (κ3) is 6.11. The number of aryl methyl sites for hydroxylation is 1. The SMILES string of the molecule is Cc1cccc(COc2ccc(/C=C(/C#N)C(=O)Nc3cccc(Cl)c3Cl)cc2Br)c1. The van der Waals surface area contributed by atoms with E-state index in [1.165, 1.54) is 11.6 Å². The molecule has 31 heavy (non-hydrogen) atoms. The molecule has 0 heterocycles. The maximum absolute atomic E-state index is 12.5. The highest BCUT2D eigenvalue weighted by Crippen LogP contribution is 2.30. The molecule has 7 heteroatoms. The number of amides is 1. The predicted octanol–water partition coefficient (Wildman–Crippen LogP) is 7.19. The minimum Gasteiger partial charge on any atom is -0.488 e. The van der Waals surface area contributed by atoms with Gasteiger partial charge in [0, 0.05) is 0 Å². The van der Waals surface area contributed by atoms with Crippen LogP contribution in [0, 0.1) is 18.3 Å². The molecule has 1 amide bonds. The zero-order valence-corrected chi connectivity index (χ0v) is 19.6. The molecule has 0 aliphatic heterocycles. The Kier molecular flexibility index (Phi) is 7.75. The van der Waals surface area contributed by atoms with E-state index in [4.69, 9.17) is 27.9 Å². The molecule has 156 valence electrons. The number of hydrogen-bond donors (Lipinski definition) is 1. The summed E-state index contributed by atoms with van der Waals surface area (Å²) < 4.78 is 6.59. The summed E-state index contributed by atoms with van der Waals surface area (Å²) in [6.07, 6.45) is 1.49. The van der Waals surface area contributed by atoms with E-state index in [9.17, 15) is 10.1 Å². The van der Waals surface area contributed by atoms with Crippen LogP contribution in [0.4, 0.5) is 5.69 Å². The summed E-state index contributed by atoms with van der Waals surface area (Å²) >= 11 is 15.5. The maximum atomic E-state index is 12.5. The number of benzene rings is 3. The van der Waals surface area contributed by atoms with Gasteiger partial charge in [0.25, 0.3) is 5.91 Å². The lowest BCUT2D eigenvalue weighted by Gasteiger charge is -2.10. The summed E-state index contributed by atoms with van der Waals surface area (Å²) in [6.45, 7) is 2.46. The van der Waals surface area contributed by atoms with E-state index in [2.05, 4.69) is 27.3 Å². The topological polar surface area (TPSA) is 62.1 Å². The number of carbonyl (C=O) groups excluding carboxylic acids is 1.